The minimum absolute atomic E-state index is 0.266. The SMILES string of the molecule is CN(C)CC(O)CCCl. The van der Waals surface area contributed by atoms with E-state index in [0.29, 0.717) is 18.8 Å². The van der Waals surface area contributed by atoms with Crippen LogP contribution in [0.3, 0.4) is 0 Å². The number of aliphatic hydroxyl groups excluding tert-OH is 1. The summed E-state index contributed by atoms with van der Waals surface area (Å²) in [6, 6.07) is 0. The zero-order chi connectivity index (χ0) is 7.28. The summed E-state index contributed by atoms with van der Waals surface area (Å²) in [5.41, 5.74) is 0. The van der Waals surface area contributed by atoms with Crippen LogP contribution in [0, 0.1) is 0 Å². The molecule has 0 saturated carbocycles. The summed E-state index contributed by atoms with van der Waals surface area (Å²) in [5.74, 6) is 0.537. The third-order valence-corrected chi connectivity index (χ3v) is 1.24. The molecule has 1 unspecified atom stereocenters. The van der Waals surface area contributed by atoms with Crippen LogP contribution < -0.4 is 0 Å². The van der Waals surface area contributed by atoms with Crippen molar-refractivity contribution in [1.29, 1.82) is 0 Å². The topological polar surface area (TPSA) is 23.5 Å². The van der Waals surface area contributed by atoms with E-state index >= 15 is 0 Å². The van der Waals surface area contributed by atoms with Gasteiger partial charge in [0.05, 0.1) is 6.10 Å². The lowest BCUT2D eigenvalue weighted by atomic mass is 10.3. The molecule has 0 aromatic heterocycles. The molecule has 0 aliphatic rings. The van der Waals surface area contributed by atoms with E-state index < -0.39 is 0 Å². The van der Waals surface area contributed by atoms with Crippen molar-refractivity contribution >= 4 is 11.6 Å². The number of alkyl halides is 1. The van der Waals surface area contributed by atoms with Crippen LogP contribution >= 0.6 is 11.6 Å². The van der Waals surface area contributed by atoms with Gasteiger partial charge in [-0.15, -0.1) is 11.6 Å². The van der Waals surface area contributed by atoms with Crippen LogP contribution in [0.15, 0.2) is 0 Å². The molecule has 56 valence electrons. The fraction of sp³-hybridized carbons (Fsp3) is 1.00. The summed E-state index contributed by atoms with van der Waals surface area (Å²) in [6.45, 7) is 0.701. The second-order valence-corrected chi connectivity index (χ2v) is 2.77. The van der Waals surface area contributed by atoms with E-state index in [0.717, 1.165) is 0 Å². The standard InChI is InChI=1S/C6H14ClNO/c1-8(2)5-6(9)3-4-7/h6,9H,3-5H2,1-2H3. The zero-order valence-electron chi connectivity index (χ0n) is 5.97. The maximum atomic E-state index is 9.09. The van der Waals surface area contributed by atoms with E-state index in [9.17, 15) is 0 Å². The van der Waals surface area contributed by atoms with Crippen molar-refractivity contribution in [3.63, 3.8) is 0 Å². The lowest BCUT2D eigenvalue weighted by molar-refractivity contribution is 0.134. The molecule has 0 heterocycles. The quantitative estimate of drug-likeness (QED) is 0.593. The van der Waals surface area contributed by atoms with E-state index in [2.05, 4.69) is 0 Å². The zero-order valence-corrected chi connectivity index (χ0v) is 6.73. The van der Waals surface area contributed by atoms with Crippen LogP contribution in [-0.2, 0) is 0 Å². The predicted octanol–water partition coefficient (Wildman–Crippen LogP) is 0.538. The Balaban J connectivity index is 3.15. The maximum Gasteiger partial charge on any atom is 0.0678 e. The van der Waals surface area contributed by atoms with Crippen LogP contribution in [0.4, 0.5) is 0 Å². The molecule has 0 aromatic rings. The van der Waals surface area contributed by atoms with Crippen LogP contribution in [0.1, 0.15) is 6.42 Å². The Hall–Kier alpha value is 0.210. The van der Waals surface area contributed by atoms with Gasteiger partial charge < -0.3 is 10.0 Å². The number of aliphatic hydroxyl groups is 1. The Morgan fingerprint density at radius 2 is 2.11 bits per heavy atom. The Bertz CT molecular complexity index is 68.1. The first kappa shape index (κ1) is 9.21. The monoisotopic (exact) mass is 151 g/mol. The molecule has 0 aliphatic heterocycles. The second-order valence-electron chi connectivity index (χ2n) is 2.39. The molecule has 9 heavy (non-hydrogen) atoms. The molecule has 0 bridgehead atoms. The normalized spacial score (nSPS) is 14.3. The highest BCUT2D eigenvalue weighted by atomic mass is 35.5. The third-order valence-electron chi connectivity index (χ3n) is 1.02. The molecular formula is C6H14ClNO. The van der Waals surface area contributed by atoms with Crippen molar-refractivity contribution in [2.45, 2.75) is 12.5 Å². The number of nitrogens with zero attached hydrogens (tertiary/aromatic N) is 1. The Labute approximate surface area is 61.4 Å². The fourth-order valence-electron chi connectivity index (χ4n) is 0.639. The van der Waals surface area contributed by atoms with Crippen molar-refractivity contribution in [3.8, 4) is 0 Å². The van der Waals surface area contributed by atoms with Gasteiger partial charge in [-0.25, -0.2) is 0 Å². The van der Waals surface area contributed by atoms with Gasteiger partial charge in [-0.1, -0.05) is 0 Å². The lowest BCUT2D eigenvalue weighted by Crippen LogP contribution is -2.25. The molecule has 0 radical (unpaired) electrons. The molecule has 0 amide bonds. The average Bonchev–Trinajstić information content (AvgIpc) is 1.63. The van der Waals surface area contributed by atoms with Crippen molar-refractivity contribution in [1.82, 2.24) is 4.90 Å². The summed E-state index contributed by atoms with van der Waals surface area (Å²) in [4.78, 5) is 1.94. The molecule has 0 saturated heterocycles. The van der Waals surface area contributed by atoms with Crippen LogP contribution in [0.25, 0.3) is 0 Å². The fourth-order valence-corrected chi connectivity index (χ4v) is 0.891. The molecule has 0 aromatic carbocycles. The van der Waals surface area contributed by atoms with Gasteiger partial charge in [0.15, 0.2) is 0 Å². The summed E-state index contributed by atoms with van der Waals surface area (Å²) in [6.07, 6.45) is 0.414. The molecule has 2 nitrogen and oxygen atoms in total. The predicted molar refractivity (Wildman–Crippen MR) is 39.9 cm³/mol. The van der Waals surface area contributed by atoms with Crippen LogP contribution in [0.5, 0.6) is 0 Å². The van der Waals surface area contributed by atoms with Gasteiger partial charge in [-0.2, -0.15) is 0 Å². The Morgan fingerprint density at radius 3 is 2.44 bits per heavy atom. The van der Waals surface area contributed by atoms with Crippen molar-refractivity contribution in [2.24, 2.45) is 0 Å². The number of rotatable bonds is 4. The van der Waals surface area contributed by atoms with Gasteiger partial charge in [0, 0.05) is 12.4 Å². The highest BCUT2D eigenvalue weighted by molar-refractivity contribution is 6.17. The van der Waals surface area contributed by atoms with Crippen LogP contribution in [-0.4, -0.2) is 42.6 Å². The molecular weight excluding hydrogens is 138 g/mol. The number of hydrogen-bond acceptors (Lipinski definition) is 2. The van der Waals surface area contributed by atoms with Gasteiger partial charge in [0.1, 0.15) is 0 Å². The van der Waals surface area contributed by atoms with E-state index in [-0.39, 0.29) is 6.10 Å². The minimum Gasteiger partial charge on any atom is -0.392 e. The first-order chi connectivity index (χ1) is 4.16. The highest BCUT2D eigenvalue weighted by Crippen LogP contribution is 1.94. The number of likely N-dealkylation sites (N-methyl/N-ethyl adjacent to an activating group) is 1. The molecule has 0 aliphatic carbocycles. The maximum absolute atomic E-state index is 9.09. The summed E-state index contributed by atoms with van der Waals surface area (Å²) in [5, 5.41) is 9.09. The molecule has 1 N–H and O–H groups in total. The number of halogens is 1. The van der Waals surface area contributed by atoms with Crippen molar-refractivity contribution in [3.05, 3.63) is 0 Å². The molecule has 3 heteroatoms. The van der Waals surface area contributed by atoms with E-state index in [4.69, 9.17) is 16.7 Å². The second kappa shape index (κ2) is 5.03. The molecule has 0 spiro atoms. The average molecular weight is 152 g/mol. The molecule has 0 rings (SSSR count). The van der Waals surface area contributed by atoms with Gasteiger partial charge in [-0.3, -0.25) is 0 Å². The molecule has 1 atom stereocenters. The van der Waals surface area contributed by atoms with E-state index in [1.54, 1.807) is 0 Å². The summed E-state index contributed by atoms with van der Waals surface area (Å²) < 4.78 is 0. The van der Waals surface area contributed by atoms with Gasteiger partial charge in [0.25, 0.3) is 0 Å². The van der Waals surface area contributed by atoms with Crippen molar-refractivity contribution in [2.75, 3.05) is 26.5 Å². The smallest absolute Gasteiger partial charge is 0.0678 e. The van der Waals surface area contributed by atoms with E-state index in [1.165, 1.54) is 0 Å². The largest absolute Gasteiger partial charge is 0.392 e. The van der Waals surface area contributed by atoms with Crippen LogP contribution in [0.2, 0.25) is 0 Å². The summed E-state index contributed by atoms with van der Waals surface area (Å²) in [7, 11) is 3.86. The highest BCUT2D eigenvalue weighted by Gasteiger charge is 2.02. The van der Waals surface area contributed by atoms with Gasteiger partial charge >= 0.3 is 0 Å². The third kappa shape index (κ3) is 6.09. The molecule has 0 fully saturated rings. The Morgan fingerprint density at radius 1 is 1.56 bits per heavy atom. The summed E-state index contributed by atoms with van der Waals surface area (Å²) >= 11 is 5.40. The minimum atomic E-state index is -0.266. The Kier molecular flexibility index (Phi) is 5.15. The first-order valence-corrected chi connectivity index (χ1v) is 3.59. The lowest BCUT2D eigenvalue weighted by Gasteiger charge is -2.13. The van der Waals surface area contributed by atoms with Gasteiger partial charge in [-0.05, 0) is 20.5 Å². The van der Waals surface area contributed by atoms with Crippen molar-refractivity contribution < 1.29 is 5.11 Å². The van der Waals surface area contributed by atoms with Gasteiger partial charge in [0.2, 0.25) is 0 Å². The first-order valence-electron chi connectivity index (χ1n) is 3.05. The number of hydrogen-bond donors (Lipinski definition) is 1. The van der Waals surface area contributed by atoms with E-state index in [1.807, 2.05) is 19.0 Å².